The van der Waals surface area contributed by atoms with E-state index in [1.807, 2.05) is 11.8 Å². The summed E-state index contributed by atoms with van der Waals surface area (Å²) >= 11 is 3.12. The van der Waals surface area contributed by atoms with Crippen molar-refractivity contribution in [1.29, 1.82) is 0 Å². The van der Waals surface area contributed by atoms with E-state index in [4.69, 9.17) is 0 Å². The number of carbonyl (C=O) groups excluding carboxylic acids is 2. The number of aromatic nitrogens is 2. The average molecular weight is 458 g/mol. The Hall–Kier alpha value is -2.52. The number of aryl methyl sites for hydroxylation is 1. The van der Waals surface area contributed by atoms with Gasteiger partial charge >= 0.3 is 0 Å². The lowest BCUT2D eigenvalue weighted by molar-refractivity contribution is -0.127. The summed E-state index contributed by atoms with van der Waals surface area (Å²) in [5, 5.41) is 9.54. The number of likely N-dealkylation sites (tertiary alicyclic amines) is 1. The number of nitrogens with one attached hydrogen (secondary N) is 2. The van der Waals surface area contributed by atoms with Crippen LogP contribution < -0.4 is 10.6 Å². The number of fused-ring (bicyclic) bond motifs is 1. The van der Waals surface area contributed by atoms with Gasteiger partial charge in [0.15, 0.2) is 0 Å². The third-order valence-electron chi connectivity index (χ3n) is 5.60. The summed E-state index contributed by atoms with van der Waals surface area (Å²) < 4.78 is 0. The molecule has 31 heavy (non-hydrogen) atoms. The van der Waals surface area contributed by atoms with Crippen molar-refractivity contribution in [1.82, 2.24) is 20.2 Å². The Morgan fingerprint density at radius 1 is 1.35 bits per heavy atom. The van der Waals surface area contributed by atoms with Gasteiger partial charge in [0, 0.05) is 30.9 Å². The molecule has 0 aromatic carbocycles. The fourth-order valence-corrected chi connectivity index (χ4v) is 5.85. The lowest BCUT2D eigenvalue weighted by Gasteiger charge is -2.17. The summed E-state index contributed by atoms with van der Waals surface area (Å²) in [6.07, 6.45) is 4.83. The minimum absolute atomic E-state index is 0.0931. The molecule has 0 radical (unpaired) electrons. The smallest absolute Gasteiger partial charge is 0.261 e. The maximum atomic E-state index is 12.8. The minimum atomic E-state index is -0.0931. The Bertz CT molecular complexity index is 1060. The monoisotopic (exact) mass is 457 g/mol. The number of hydrogen-bond donors (Lipinski definition) is 2. The standard InChI is InChI=1S/C22H27N5O2S2/c1-3-15(16-7-5-12-30-16)26-20-18-14(2)19(31-22(18)25-13-24-20)21(29)23-9-6-11-27-10-4-8-17(27)28/h5,7,12-13,15H,3-4,6,8-11H2,1-2H3,(H,23,29)(H,24,25,26). The molecule has 1 aliphatic heterocycles. The summed E-state index contributed by atoms with van der Waals surface area (Å²) in [5.41, 5.74) is 0.899. The summed E-state index contributed by atoms with van der Waals surface area (Å²) in [5.74, 6) is 0.897. The topological polar surface area (TPSA) is 87.2 Å². The number of carbonyl (C=O) groups is 2. The van der Waals surface area contributed by atoms with Crippen molar-refractivity contribution in [2.75, 3.05) is 25.0 Å². The van der Waals surface area contributed by atoms with E-state index in [9.17, 15) is 9.59 Å². The van der Waals surface area contributed by atoms with Crippen molar-refractivity contribution in [3.8, 4) is 0 Å². The van der Waals surface area contributed by atoms with Gasteiger partial charge in [0.2, 0.25) is 5.91 Å². The first-order chi connectivity index (χ1) is 15.1. The number of anilines is 1. The van der Waals surface area contributed by atoms with Gasteiger partial charge in [-0.2, -0.15) is 0 Å². The van der Waals surface area contributed by atoms with Crippen molar-refractivity contribution in [3.63, 3.8) is 0 Å². The summed E-state index contributed by atoms with van der Waals surface area (Å²) in [6, 6.07) is 4.35. The lowest BCUT2D eigenvalue weighted by atomic mass is 10.1. The highest BCUT2D eigenvalue weighted by Gasteiger charge is 2.22. The van der Waals surface area contributed by atoms with Crippen molar-refractivity contribution >= 4 is 50.5 Å². The number of rotatable bonds is 9. The second-order valence-electron chi connectivity index (χ2n) is 7.67. The van der Waals surface area contributed by atoms with Crippen LogP contribution in [0.1, 0.15) is 58.8 Å². The Morgan fingerprint density at radius 3 is 2.94 bits per heavy atom. The van der Waals surface area contributed by atoms with Gasteiger partial charge in [0.05, 0.1) is 16.3 Å². The second kappa shape index (κ2) is 9.74. The molecule has 0 aliphatic carbocycles. The third kappa shape index (κ3) is 4.72. The van der Waals surface area contributed by atoms with E-state index < -0.39 is 0 Å². The number of nitrogens with zero attached hydrogens (tertiary/aromatic N) is 3. The van der Waals surface area contributed by atoms with Crippen LogP contribution in [0.15, 0.2) is 23.8 Å². The first-order valence-electron chi connectivity index (χ1n) is 10.7. The Balaban J connectivity index is 1.45. The van der Waals surface area contributed by atoms with E-state index in [0.717, 1.165) is 47.4 Å². The van der Waals surface area contributed by atoms with Crippen LogP contribution in [0.2, 0.25) is 0 Å². The molecule has 0 saturated carbocycles. The van der Waals surface area contributed by atoms with E-state index >= 15 is 0 Å². The fraction of sp³-hybridized carbons (Fsp3) is 0.455. The first kappa shape index (κ1) is 21.7. The van der Waals surface area contributed by atoms with Gasteiger partial charge in [0.1, 0.15) is 17.0 Å². The zero-order valence-corrected chi connectivity index (χ0v) is 19.4. The Kier molecular flexibility index (Phi) is 6.82. The first-order valence-corrected chi connectivity index (χ1v) is 12.4. The van der Waals surface area contributed by atoms with E-state index in [1.54, 1.807) is 17.7 Å². The number of amides is 2. The molecular formula is C22H27N5O2S2. The van der Waals surface area contributed by atoms with Crippen LogP contribution in [0.3, 0.4) is 0 Å². The average Bonchev–Trinajstić information content (AvgIpc) is 3.51. The maximum absolute atomic E-state index is 12.8. The molecule has 2 N–H and O–H groups in total. The SMILES string of the molecule is CCC(Nc1ncnc2sc(C(=O)NCCCN3CCCC3=O)c(C)c12)c1cccs1. The molecule has 3 aromatic heterocycles. The normalized spacial score (nSPS) is 14.9. The molecule has 1 aliphatic rings. The van der Waals surface area contributed by atoms with Gasteiger partial charge in [-0.15, -0.1) is 22.7 Å². The van der Waals surface area contributed by atoms with Crippen molar-refractivity contribution in [3.05, 3.63) is 39.2 Å². The van der Waals surface area contributed by atoms with Crippen LogP contribution in [0.25, 0.3) is 10.2 Å². The third-order valence-corrected chi connectivity index (χ3v) is 7.79. The largest absolute Gasteiger partial charge is 0.362 e. The second-order valence-corrected chi connectivity index (χ2v) is 9.65. The summed E-state index contributed by atoms with van der Waals surface area (Å²) in [4.78, 5) is 38.0. The van der Waals surface area contributed by atoms with Crippen molar-refractivity contribution in [2.45, 2.75) is 45.6 Å². The molecule has 2 amide bonds. The molecule has 4 rings (SSSR count). The van der Waals surface area contributed by atoms with Gasteiger partial charge in [-0.1, -0.05) is 13.0 Å². The molecule has 9 heteroatoms. The van der Waals surface area contributed by atoms with Crippen LogP contribution in [0.5, 0.6) is 0 Å². The fourth-order valence-electron chi connectivity index (χ4n) is 3.92. The summed E-state index contributed by atoms with van der Waals surface area (Å²) in [7, 11) is 0. The molecule has 1 fully saturated rings. The number of hydrogen-bond acceptors (Lipinski definition) is 7. The van der Waals surface area contributed by atoms with Crippen LogP contribution in [-0.2, 0) is 4.79 Å². The van der Waals surface area contributed by atoms with E-state index in [1.165, 1.54) is 16.2 Å². The predicted octanol–water partition coefficient (Wildman–Crippen LogP) is 4.37. The molecule has 3 aromatic rings. The van der Waals surface area contributed by atoms with Crippen LogP contribution >= 0.6 is 22.7 Å². The Morgan fingerprint density at radius 2 is 2.23 bits per heavy atom. The minimum Gasteiger partial charge on any atom is -0.362 e. The van der Waals surface area contributed by atoms with Gasteiger partial charge in [0.25, 0.3) is 5.91 Å². The van der Waals surface area contributed by atoms with Gasteiger partial charge in [-0.3, -0.25) is 9.59 Å². The quantitative estimate of drug-likeness (QED) is 0.466. The zero-order chi connectivity index (χ0) is 21.8. The molecular weight excluding hydrogens is 430 g/mol. The molecule has 1 saturated heterocycles. The predicted molar refractivity (Wildman–Crippen MR) is 126 cm³/mol. The van der Waals surface area contributed by atoms with Crippen LogP contribution in [0, 0.1) is 6.92 Å². The highest BCUT2D eigenvalue weighted by atomic mass is 32.1. The van der Waals surface area contributed by atoms with Crippen molar-refractivity contribution < 1.29 is 9.59 Å². The van der Waals surface area contributed by atoms with E-state index in [0.29, 0.717) is 24.4 Å². The molecule has 164 valence electrons. The lowest BCUT2D eigenvalue weighted by Crippen LogP contribution is -2.30. The van der Waals surface area contributed by atoms with E-state index in [2.05, 4.69) is 45.0 Å². The molecule has 0 bridgehead atoms. The number of thiophene rings is 2. The van der Waals surface area contributed by atoms with Crippen LogP contribution in [-0.4, -0.2) is 46.3 Å². The molecule has 7 nitrogen and oxygen atoms in total. The van der Waals surface area contributed by atoms with Crippen molar-refractivity contribution in [2.24, 2.45) is 0 Å². The molecule has 1 unspecified atom stereocenters. The maximum Gasteiger partial charge on any atom is 0.261 e. The molecule has 0 spiro atoms. The van der Waals surface area contributed by atoms with Gasteiger partial charge in [-0.05, 0) is 43.2 Å². The highest BCUT2D eigenvalue weighted by Crippen LogP contribution is 2.35. The summed E-state index contributed by atoms with van der Waals surface area (Å²) in [6.45, 7) is 6.18. The molecule has 4 heterocycles. The zero-order valence-electron chi connectivity index (χ0n) is 17.8. The molecule has 1 atom stereocenters. The van der Waals surface area contributed by atoms with Gasteiger partial charge < -0.3 is 15.5 Å². The van der Waals surface area contributed by atoms with Crippen LogP contribution in [0.4, 0.5) is 5.82 Å². The van der Waals surface area contributed by atoms with E-state index in [-0.39, 0.29) is 17.9 Å². The Labute approximate surface area is 189 Å². The van der Waals surface area contributed by atoms with Gasteiger partial charge in [-0.25, -0.2) is 9.97 Å². The highest BCUT2D eigenvalue weighted by molar-refractivity contribution is 7.20.